The number of nitrogens with one attached hydrogen (secondary N) is 3. The number of carbonyl (C=O) groups is 3. The van der Waals surface area contributed by atoms with E-state index in [-0.39, 0.29) is 41.0 Å². The highest BCUT2D eigenvalue weighted by Crippen LogP contribution is 2.21. The Morgan fingerprint density at radius 1 is 0.645 bits per heavy atom. The molecular formula is C25H49N3O3. The fourth-order valence-corrected chi connectivity index (χ4v) is 3.36. The largest absolute Gasteiger partial charge is 0.356 e. The minimum atomic E-state index is -0.530. The number of hydrogen-bond donors (Lipinski definition) is 3. The molecule has 0 aromatic heterocycles. The second-order valence-corrected chi connectivity index (χ2v) is 12.8. The highest BCUT2D eigenvalue weighted by Gasteiger charge is 2.34. The van der Waals surface area contributed by atoms with E-state index in [0.717, 1.165) is 0 Å². The molecule has 0 saturated heterocycles. The van der Waals surface area contributed by atoms with Crippen molar-refractivity contribution in [3.05, 3.63) is 0 Å². The fourth-order valence-electron chi connectivity index (χ4n) is 3.36. The Hall–Kier alpha value is -1.27. The first-order valence-electron chi connectivity index (χ1n) is 11.5. The molecular weight excluding hydrogens is 390 g/mol. The molecule has 0 aliphatic rings. The number of amides is 1. The molecule has 3 N–H and O–H groups in total. The molecule has 0 rings (SSSR count). The zero-order valence-corrected chi connectivity index (χ0v) is 22.2. The molecule has 0 aliphatic heterocycles. The van der Waals surface area contributed by atoms with Crippen LogP contribution < -0.4 is 16.0 Å². The van der Waals surface area contributed by atoms with Crippen LogP contribution in [0, 0.1) is 10.8 Å². The first-order valence-corrected chi connectivity index (χ1v) is 11.5. The maximum absolute atomic E-state index is 12.8. The van der Waals surface area contributed by atoms with Gasteiger partial charge in [0.2, 0.25) is 5.91 Å². The van der Waals surface area contributed by atoms with E-state index in [1.165, 1.54) is 0 Å². The lowest BCUT2D eigenvalue weighted by Crippen LogP contribution is -2.52. The number of Topliss-reactive ketones (excluding diaryl/α,β-unsaturated/α-hetero) is 2. The van der Waals surface area contributed by atoms with Gasteiger partial charge in [-0.05, 0) is 54.4 Å². The second-order valence-electron chi connectivity index (χ2n) is 12.8. The standard InChI is InChI=1S/C25H49N3O3/c1-22(2,3)20(30)17(27-24(7,8)9)14-13-15-26-19(29)16-18(28-25(10,11)12)21(31)23(4,5)6/h17-18,27-28H,13-16H2,1-12H3,(H,26,29). The van der Waals surface area contributed by atoms with Crippen molar-refractivity contribution in [3.63, 3.8) is 0 Å². The molecule has 1 amide bonds. The van der Waals surface area contributed by atoms with Crippen molar-refractivity contribution in [3.8, 4) is 0 Å². The summed E-state index contributed by atoms with van der Waals surface area (Å²) >= 11 is 0. The Morgan fingerprint density at radius 3 is 1.42 bits per heavy atom. The lowest BCUT2D eigenvalue weighted by Gasteiger charge is -2.32. The predicted octanol–water partition coefficient (Wildman–Crippen LogP) is 4.02. The van der Waals surface area contributed by atoms with Crippen LogP contribution in [0.4, 0.5) is 0 Å². The third-order valence-corrected chi connectivity index (χ3v) is 4.71. The van der Waals surface area contributed by atoms with Crippen LogP contribution in [0.15, 0.2) is 0 Å². The van der Waals surface area contributed by atoms with Crippen LogP contribution in [0.25, 0.3) is 0 Å². The molecule has 6 nitrogen and oxygen atoms in total. The highest BCUT2D eigenvalue weighted by atomic mass is 16.2. The quantitative estimate of drug-likeness (QED) is 0.448. The van der Waals surface area contributed by atoms with Crippen molar-refractivity contribution >= 4 is 17.5 Å². The van der Waals surface area contributed by atoms with Crippen molar-refractivity contribution in [1.29, 1.82) is 0 Å². The zero-order valence-electron chi connectivity index (χ0n) is 22.2. The third kappa shape index (κ3) is 13.0. The Kier molecular flexibility index (Phi) is 10.6. The molecule has 0 spiro atoms. The van der Waals surface area contributed by atoms with Gasteiger partial charge in [0.1, 0.15) is 0 Å². The van der Waals surface area contributed by atoms with E-state index in [4.69, 9.17) is 0 Å². The maximum atomic E-state index is 12.8. The van der Waals surface area contributed by atoms with Crippen LogP contribution >= 0.6 is 0 Å². The summed E-state index contributed by atoms with van der Waals surface area (Å²) in [5, 5.41) is 9.65. The van der Waals surface area contributed by atoms with Crippen LogP contribution in [0.2, 0.25) is 0 Å². The minimum absolute atomic E-state index is 0.0304. The van der Waals surface area contributed by atoms with Crippen LogP contribution in [-0.2, 0) is 14.4 Å². The highest BCUT2D eigenvalue weighted by molar-refractivity contribution is 5.93. The normalized spacial score (nSPS) is 15.4. The molecule has 0 bridgehead atoms. The summed E-state index contributed by atoms with van der Waals surface area (Å²) in [4.78, 5) is 38.2. The molecule has 0 aromatic carbocycles. The molecule has 31 heavy (non-hydrogen) atoms. The number of rotatable bonds is 10. The summed E-state index contributed by atoms with van der Waals surface area (Å²) in [6.45, 7) is 24.0. The van der Waals surface area contributed by atoms with Crippen LogP contribution in [-0.4, -0.2) is 47.2 Å². The topological polar surface area (TPSA) is 87.3 Å². The Bertz CT molecular complexity index is 614. The van der Waals surface area contributed by atoms with Crippen LogP contribution in [0.1, 0.15) is 102 Å². The van der Waals surface area contributed by atoms with Gasteiger partial charge in [-0.15, -0.1) is 0 Å². The Morgan fingerprint density at radius 2 is 1.03 bits per heavy atom. The molecule has 6 heteroatoms. The molecule has 2 unspecified atom stereocenters. The first kappa shape index (κ1) is 29.7. The van der Waals surface area contributed by atoms with E-state index >= 15 is 0 Å². The van der Waals surface area contributed by atoms with Gasteiger partial charge < -0.3 is 16.0 Å². The van der Waals surface area contributed by atoms with Crippen LogP contribution in [0.3, 0.4) is 0 Å². The van der Waals surface area contributed by atoms with E-state index in [2.05, 4.69) is 16.0 Å². The van der Waals surface area contributed by atoms with Gasteiger partial charge in [-0.1, -0.05) is 41.5 Å². The average molecular weight is 440 g/mol. The Labute approximate surface area is 191 Å². The van der Waals surface area contributed by atoms with E-state index in [9.17, 15) is 14.4 Å². The second kappa shape index (κ2) is 11.0. The van der Waals surface area contributed by atoms with E-state index < -0.39 is 16.9 Å². The van der Waals surface area contributed by atoms with Crippen molar-refractivity contribution in [2.45, 2.75) is 126 Å². The summed E-state index contributed by atoms with van der Waals surface area (Å²) in [5.41, 5.74) is -1.40. The maximum Gasteiger partial charge on any atom is 0.222 e. The van der Waals surface area contributed by atoms with E-state index in [1.54, 1.807) is 0 Å². The molecule has 2 atom stereocenters. The van der Waals surface area contributed by atoms with E-state index in [0.29, 0.717) is 19.4 Å². The zero-order chi connectivity index (χ0) is 24.8. The third-order valence-electron chi connectivity index (χ3n) is 4.71. The molecule has 0 radical (unpaired) electrons. The molecule has 0 saturated carbocycles. The van der Waals surface area contributed by atoms with Gasteiger partial charge in [-0.2, -0.15) is 0 Å². The summed E-state index contributed by atoms with van der Waals surface area (Å²) in [5.74, 6) is 0.0589. The molecule has 0 aliphatic carbocycles. The molecule has 182 valence electrons. The monoisotopic (exact) mass is 439 g/mol. The number of carbonyl (C=O) groups excluding carboxylic acids is 3. The SMILES string of the molecule is CC(C)(C)NC(CCCNC(=O)CC(NC(C)(C)C)C(=O)C(C)(C)C)C(=O)C(C)(C)C. The van der Waals surface area contributed by atoms with Crippen molar-refractivity contribution < 1.29 is 14.4 Å². The number of hydrogen-bond acceptors (Lipinski definition) is 5. The lowest BCUT2D eigenvalue weighted by molar-refractivity contribution is -0.132. The van der Waals surface area contributed by atoms with E-state index in [1.807, 2.05) is 83.1 Å². The molecule has 0 fully saturated rings. The first-order chi connectivity index (χ1) is 13.6. The molecule has 0 aromatic rings. The smallest absolute Gasteiger partial charge is 0.222 e. The lowest BCUT2D eigenvalue weighted by atomic mass is 9.84. The van der Waals surface area contributed by atoms with Crippen molar-refractivity contribution in [2.24, 2.45) is 10.8 Å². The van der Waals surface area contributed by atoms with Gasteiger partial charge in [0.25, 0.3) is 0 Å². The van der Waals surface area contributed by atoms with Crippen molar-refractivity contribution in [1.82, 2.24) is 16.0 Å². The van der Waals surface area contributed by atoms with Crippen molar-refractivity contribution in [2.75, 3.05) is 6.54 Å². The summed E-state index contributed by atoms with van der Waals surface area (Å²) in [7, 11) is 0. The van der Waals surface area contributed by atoms with Gasteiger partial charge in [0.05, 0.1) is 12.1 Å². The van der Waals surface area contributed by atoms with Gasteiger partial charge in [-0.3, -0.25) is 14.4 Å². The van der Waals surface area contributed by atoms with Gasteiger partial charge in [-0.25, -0.2) is 0 Å². The van der Waals surface area contributed by atoms with Gasteiger partial charge in [0, 0.05) is 34.9 Å². The van der Waals surface area contributed by atoms with Gasteiger partial charge >= 0.3 is 0 Å². The van der Waals surface area contributed by atoms with Gasteiger partial charge in [0.15, 0.2) is 11.6 Å². The Balaban J connectivity index is 4.91. The minimum Gasteiger partial charge on any atom is -0.356 e. The average Bonchev–Trinajstić information content (AvgIpc) is 2.51. The summed E-state index contributed by atoms with van der Waals surface area (Å²) in [6.07, 6.45) is 1.45. The molecule has 0 heterocycles. The number of ketones is 2. The summed E-state index contributed by atoms with van der Waals surface area (Å²) in [6, 6.07) is -0.785. The predicted molar refractivity (Wildman–Crippen MR) is 129 cm³/mol. The fraction of sp³-hybridized carbons (Fsp3) is 0.880. The summed E-state index contributed by atoms with van der Waals surface area (Å²) < 4.78 is 0. The van der Waals surface area contributed by atoms with Crippen LogP contribution in [0.5, 0.6) is 0 Å².